The Kier molecular flexibility index (Phi) is 3.72. The van der Waals surface area contributed by atoms with Gasteiger partial charge in [0, 0.05) is 31.1 Å². The van der Waals surface area contributed by atoms with Crippen molar-refractivity contribution in [2.24, 2.45) is 5.92 Å². The maximum Gasteiger partial charge on any atom is 0.175 e. The summed E-state index contributed by atoms with van der Waals surface area (Å²) >= 11 is 0. The van der Waals surface area contributed by atoms with E-state index in [1.54, 1.807) is 19.2 Å². The van der Waals surface area contributed by atoms with E-state index in [9.17, 15) is 4.79 Å². The highest BCUT2D eigenvalue weighted by Gasteiger charge is 2.31. The van der Waals surface area contributed by atoms with E-state index in [-0.39, 0.29) is 11.7 Å². The zero-order chi connectivity index (χ0) is 13.1. The molecule has 0 spiro atoms. The van der Waals surface area contributed by atoms with E-state index in [1.807, 2.05) is 0 Å². The number of methoxy groups -OCH3 is 3. The number of ether oxygens (including phenoxy) is 3. The number of nitrogens with one attached hydrogen (secondary N) is 1. The maximum absolute atomic E-state index is 12.3. The zero-order valence-corrected chi connectivity index (χ0v) is 10.8. The van der Waals surface area contributed by atoms with Gasteiger partial charge in [0.2, 0.25) is 0 Å². The van der Waals surface area contributed by atoms with Crippen LogP contribution in [-0.2, 0) is 0 Å². The Hall–Kier alpha value is -1.75. The fourth-order valence-electron chi connectivity index (χ4n) is 1.93. The average molecular weight is 251 g/mol. The molecule has 1 N–H and O–H groups in total. The Morgan fingerprint density at radius 3 is 2.00 bits per heavy atom. The molecule has 1 aliphatic heterocycles. The molecule has 0 aliphatic carbocycles. The average Bonchev–Trinajstić information content (AvgIpc) is 2.34. The van der Waals surface area contributed by atoms with E-state index < -0.39 is 0 Å². The number of ketones is 1. The van der Waals surface area contributed by atoms with Crippen LogP contribution >= 0.6 is 0 Å². The van der Waals surface area contributed by atoms with E-state index in [0.717, 1.165) is 0 Å². The van der Waals surface area contributed by atoms with Crippen molar-refractivity contribution in [3.8, 4) is 17.2 Å². The molecule has 1 aromatic rings. The number of carbonyl (C=O) groups is 1. The minimum Gasteiger partial charge on any atom is -0.496 e. The third kappa shape index (κ3) is 2.13. The summed E-state index contributed by atoms with van der Waals surface area (Å²) in [7, 11) is 4.62. The topological polar surface area (TPSA) is 56.8 Å². The Bertz CT molecular complexity index is 429. The molecule has 5 nitrogen and oxygen atoms in total. The molecule has 1 fully saturated rings. The van der Waals surface area contributed by atoms with Gasteiger partial charge in [-0.25, -0.2) is 0 Å². The minimum absolute atomic E-state index is 0.00111. The van der Waals surface area contributed by atoms with Crippen molar-refractivity contribution >= 4 is 5.78 Å². The zero-order valence-electron chi connectivity index (χ0n) is 10.8. The lowest BCUT2D eigenvalue weighted by molar-refractivity contribution is 0.0871. The van der Waals surface area contributed by atoms with Crippen molar-refractivity contribution in [2.45, 2.75) is 0 Å². The van der Waals surface area contributed by atoms with Gasteiger partial charge < -0.3 is 19.5 Å². The molecule has 0 aromatic heterocycles. The first-order valence-corrected chi connectivity index (χ1v) is 5.76. The van der Waals surface area contributed by atoms with Crippen molar-refractivity contribution in [3.05, 3.63) is 17.7 Å². The Morgan fingerprint density at radius 2 is 1.67 bits per heavy atom. The van der Waals surface area contributed by atoms with Gasteiger partial charge in [0.15, 0.2) is 5.78 Å². The van der Waals surface area contributed by atoms with E-state index in [2.05, 4.69) is 5.32 Å². The van der Waals surface area contributed by atoms with Crippen LogP contribution in [0.25, 0.3) is 0 Å². The summed E-state index contributed by atoms with van der Waals surface area (Å²) in [4.78, 5) is 12.3. The number of Topliss-reactive ketones (excluding diaryl/α,β-unsaturated/α-hetero) is 1. The highest BCUT2D eigenvalue weighted by Crippen LogP contribution is 2.36. The van der Waals surface area contributed by atoms with E-state index in [4.69, 9.17) is 14.2 Å². The third-order valence-electron chi connectivity index (χ3n) is 3.11. The van der Waals surface area contributed by atoms with Crippen LogP contribution in [0.4, 0.5) is 0 Å². The summed E-state index contributed by atoms with van der Waals surface area (Å²) in [6, 6.07) is 3.39. The monoisotopic (exact) mass is 251 g/mol. The first-order chi connectivity index (χ1) is 8.71. The lowest BCUT2D eigenvalue weighted by atomic mass is 9.91. The fraction of sp³-hybridized carbons (Fsp3) is 0.462. The molecule has 0 saturated carbocycles. The second-order valence-corrected chi connectivity index (χ2v) is 4.13. The molecule has 0 atom stereocenters. The second kappa shape index (κ2) is 5.27. The van der Waals surface area contributed by atoms with Crippen molar-refractivity contribution in [2.75, 3.05) is 34.4 Å². The van der Waals surface area contributed by atoms with Crippen LogP contribution in [0.3, 0.4) is 0 Å². The van der Waals surface area contributed by atoms with Gasteiger partial charge in [-0.05, 0) is 0 Å². The number of carbonyl (C=O) groups excluding carboxylic acids is 1. The molecule has 0 unspecified atom stereocenters. The van der Waals surface area contributed by atoms with Crippen molar-refractivity contribution in [1.82, 2.24) is 5.32 Å². The van der Waals surface area contributed by atoms with Crippen LogP contribution in [0.5, 0.6) is 17.2 Å². The summed E-state index contributed by atoms with van der Waals surface area (Å²) in [5.41, 5.74) is 0.493. The Balaban J connectivity index is 2.45. The number of benzene rings is 1. The number of hydrogen-bond acceptors (Lipinski definition) is 5. The smallest absolute Gasteiger partial charge is 0.175 e. The molecule has 2 rings (SSSR count). The molecule has 0 radical (unpaired) electrons. The highest BCUT2D eigenvalue weighted by atomic mass is 16.5. The lowest BCUT2D eigenvalue weighted by Crippen LogP contribution is -2.46. The van der Waals surface area contributed by atoms with Crippen LogP contribution < -0.4 is 19.5 Å². The van der Waals surface area contributed by atoms with Crippen molar-refractivity contribution < 1.29 is 19.0 Å². The normalized spacial score (nSPS) is 14.8. The molecule has 1 saturated heterocycles. The predicted octanol–water partition coefficient (Wildman–Crippen LogP) is 1.11. The quantitative estimate of drug-likeness (QED) is 0.795. The summed E-state index contributed by atoms with van der Waals surface area (Å²) in [6.45, 7) is 1.41. The predicted molar refractivity (Wildman–Crippen MR) is 66.8 cm³/mol. The molecular weight excluding hydrogens is 234 g/mol. The van der Waals surface area contributed by atoms with Crippen molar-refractivity contribution in [1.29, 1.82) is 0 Å². The van der Waals surface area contributed by atoms with Gasteiger partial charge in [0.25, 0.3) is 0 Å². The van der Waals surface area contributed by atoms with Crippen LogP contribution in [0.2, 0.25) is 0 Å². The molecule has 5 heteroatoms. The van der Waals surface area contributed by atoms with E-state index >= 15 is 0 Å². The molecule has 1 heterocycles. The third-order valence-corrected chi connectivity index (χ3v) is 3.11. The van der Waals surface area contributed by atoms with Crippen molar-refractivity contribution in [3.63, 3.8) is 0 Å². The molecule has 18 heavy (non-hydrogen) atoms. The number of hydrogen-bond donors (Lipinski definition) is 1. The van der Waals surface area contributed by atoms with Crippen LogP contribution in [0.1, 0.15) is 10.4 Å². The largest absolute Gasteiger partial charge is 0.496 e. The van der Waals surface area contributed by atoms with Crippen LogP contribution in [0.15, 0.2) is 12.1 Å². The van der Waals surface area contributed by atoms with Gasteiger partial charge in [0.05, 0.1) is 21.3 Å². The molecule has 1 aliphatic rings. The van der Waals surface area contributed by atoms with Crippen LogP contribution in [-0.4, -0.2) is 40.2 Å². The second-order valence-electron chi connectivity index (χ2n) is 4.13. The van der Waals surface area contributed by atoms with Gasteiger partial charge >= 0.3 is 0 Å². The molecule has 0 bridgehead atoms. The fourth-order valence-corrected chi connectivity index (χ4v) is 1.93. The standard InChI is InChI=1S/C13H17NO4/c1-16-9-4-10(17-2)12(11(5-9)18-3)13(15)8-6-14-7-8/h4-5,8,14H,6-7H2,1-3H3. The van der Waals surface area contributed by atoms with Gasteiger partial charge in [-0.2, -0.15) is 0 Å². The Labute approximate surface area is 106 Å². The molecule has 98 valence electrons. The summed E-state index contributed by atoms with van der Waals surface area (Å²) in [6.07, 6.45) is 0. The van der Waals surface area contributed by atoms with Gasteiger partial charge in [-0.15, -0.1) is 0 Å². The van der Waals surface area contributed by atoms with E-state index in [0.29, 0.717) is 35.9 Å². The maximum atomic E-state index is 12.3. The molecular formula is C13H17NO4. The SMILES string of the molecule is COc1cc(OC)c(C(=O)C2CNC2)c(OC)c1. The number of rotatable bonds is 5. The first-order valence-electron chi connectivity index (χ1n) is 5.76. The summed E-state index contributed by atoms with van der Waals surface area (Å²) in [5.74, 6) is 1.63. The highest BCUT2D eigenvalue weighted by molar-refractivity contribution is 6.03. The molecule has 1 aromatic carbocycles. The van der Waals surface area contributed by atoms with Gasteiger partial charge in [-0.1, -0.05) is 0 Å². The minimum atomic E-state index is 0.00111. The lowest BCUT2D eigenvalue weighted by Gasteiger charge is -2.27. The summed E-state index contributed by atoms with van der Waals surface area (Å²) in [5, 5.41) is 3.08. The Morgan fingerprint density at radius 1 is 1.11 bits per heavy atom. The first kappa shape index (κ1) is 12.7. The van der Waals surface area contributed by atoms with Gasteiger partial charge in [0.1, 0.15) is 22.8 Å². The van der Waals surface area contributed by atoms with E-state index in [1.165, 1.54) is 14.2 Å². The molecule has 0 amide bonds. The van der Waals surface area contributed by atoms with Crippen LogP contribution in [0, 0.1) is 5.92 Å². The van der Waals surface area contributed by atoms with Gasteiger partial charge in [-0.3, -0.25) is 4.79 Å². The summed E-state index contributed by atoms with van der Waals surface area (Å²) < 4.78 is 15.7.